The van der Waals surface area contributed by atoms with Gasteiger partial charge in [-0.25, -0.2) is 14.0 Å². The van der Waals surface area contributed by atoms with Crippen LogP contribution in [0.15, 0.2) is 23.9 Å². The van der Waals surface area contributed by atoms with Crippen molar-refractivity contribution in [3.05, 3.63) is 35.5 Å². The van der Waals surface area contributed by atoms with Gasteiger partial charge in [-0.2, -0.15) is 4.39 Å². The molecule has 1 aromatic carbocycles. The molecule has 0 aromatic heterocycles. The summed E-state index contributed by atoms with van der Waals surface area (Å²) >= 11 is 0. The Bertz CT molecular complexity index is 627. The number of carbonyl (C=O) groups is 2. The molecule has 0 aliphatic rings. The van der Waals surface area contributed by atoms with Gasteiger partial charge in [0.1, 0.15) is 6.61 Å². The predicted molar refractivity (Wildman–Crippen MR) is 79.3 cm³/mol. The largest absolute Gasteiger partial charge is 0.486 e. The third-order valence-electron chi connectivity index (χ3n) is 2.70. The van der Waals surface area contributed by atoms with E-state index in [9.17, 15) is 23.5 Å². The van der Waals surface area contributed by atoms with E-state index in [2.05, 4.69) is 14.8 Å². The zero-order valence-corrected chi connectivity index (χ0v) is 13.3. The minimum absolute atomic E-state index is 0.0696. The van der Waals surface area contributed by atoms with E-state index in [1.807, 2.05) is 0 Å². The Balaban J connectivity index is 3.16. The number of hydrogen-bond donors (Lipinski definition) is 2. The van der Waals surface area contributed by atoms with E-state index in [0.717, 1.165) is 32.6 Å². The van der Waals surface area contributed by atoms with Crippen molar-refractivity contribution in [2.75, 3.05) is 26.1 Å². The number of aliphatic hydroxyl groups excluding tert-OH is 1. The molecule has 0 aliphatic carbocycles. The van der Waals surface area contributed by atoms with E-state index in [1.165, 1.54) is 6.92 Å². The van der Waals surface area contributed by atoms with Gasteiger partial charge < -0.3 is 24.6 Å². The average Bonchev–Trinajstić information content (AvgIpc) is 2.56. The fourth-order valence-electron chi connectivity index (χ4n) is 1.56. The fraction of sp³-hybridized carbons (Fsp3) is 0.333. The van der Waals surface area contributed by atoms with Crippen LogP contribution in [-0.4, -0.2) is 44.0 Å². The van der Waals surface area contributed by atoms with Gasteiger partial charge in [0.2, 0.25) is 5.82 Å². The van der Waals surface area contributed by atoms with Crippen molar-refractivity contribution in [3.8, 4) is 5.75 Å². The maximum absolute atomic E-state index is 13.9. The van der Waals surface area contributed by atoms with Crippen molar-refractivity contribution in [1.29, 1.82) is 0 Å². The predicted octanol–water partition coefficient (Wildman–Crippen LogP) is 1.37. The Kier molecular flexibility index (Phi) is 7.12. The molecule has 0 fully saturated rings. The van der Waals surface area contributed by atoms with Gasteiger partial charge in [0.05, 0.1) is 26.0 Å². The van der Waals surface area contributed by atoms with Crippen molar-refractivity contribution in [2.24, 2.45) is 0 Å². The number of halogens is 2. The molecule has 1 rings (SSSR count). The lowest BCUT2D eigenvalue weighted by atomic mass is 10.2. The zero-order valence-electron chi connectivity index (χ0n) is 13.3. The highest BCUT2D eigenvalue weighted by atomic mass is 19.2. The number of aliphatic hydroxyl groups is 1. The summed E-state index contributed by atoms with van der Waals surface area (Å²) in [6, 6.07) is 1.97. The van der Waals surface area contributed by atoms with Crippen LogP contribution in [-0.2, 0) is 19.1 Å². The molecule has 2 N–H and O–H groups in total. The summed E-state index contributed by atoms with van der Waals surface area (Å²) in [6.07, 6.45) is -0.00342. The van der Waals surface area contributed by atoms with E-state index in [0.29, 0.717) is 0 Å². The number of carbonyl (C=O) groups excluding carboxylic acids is 2. The van der Waals surface area contributed by atoms with Crippen molar-refractivity contribution in [2.45, 2.75) is 13.0 Å². The summed E-state index contributed by atoms with van der Waals surface area (Å²) in [5.41, 5.74) is -0.564. The van der Waals surface area contributed by atoms with Crippen molar-refractivity contribution in [1.82, 2.24) is 0 Å². The smallest absolute Gasteiger partial charge is 0.346 e. The zero-order chi connectivity index (χ0) is 18.3. The maximum Gasteiger partial charge on any atom is 0.346 e. The molecule has 0 saturated carbocycles. The molecule has 24 heavy (non-hydrogen) atoms. The second-order valence-corrected chi connectivity index (χ2v) is 4.58. The quantitative estimate of drug-likeness (QED) is 0.334. The van der Waals surface area contributed by atoms with Crippen molar-refractivity contribution >= 4 is 17.6 Å². The molecule has 1 aromatic rings. The molecule has 9 heteroatoms. The molecular weight excluding hydrogens is 328 g/mol. The van der Waals surface area contributed by atoms with E-state index < -0.39 is 41.0 Å². The highest BCUT2D eigenvalue weighted by Crippen LogP contribution is 2.30. The molecule has 0 radical (unpaired) electrons. The molecule has 7 nitrogen and oxygen atoms in total. The Morgan fingerprint density at radius 2 is 1.83 bits per heavy atom. The summed E-state index contributed by atoms with van der Waals surface area (Å²) in [7, 11) is 2.13. The first-order chi connectivity index (χ1) is 11.3. The fourth-order valence-corrected chi connectivity index (χ4v) is 1.56. The van der Waals surface area contributed by atoms with Crippen molar-refractivity contribution < 1.29 is 37.7 Å². The number of ether oxygens (including phenoxy) is 3. The molecule has 0 amide bonds. The van der Waals surface area contributed by atoms with E-state index in [-0.39, 0.29) is 12.3 Å². The van der Waals surface area contributed by atoms with Gasteiger partial charge in [0.25, 0.3) is 0 Å². The van der Waals surface area contributed by atoms with Crippen molar-refractivity contribution in [3.63, 3.8) is 0 Å². The Labute approximate surface area is 136 Å². The van der Waals surface area contributed by atoms with Crippen LogP contribution < -0.4 is 10.1 Å². The Hall–Kier alpha value is -2.68. The molecule has 0 aliphatic heterocycles. The van der Waals surface area contributed by atoms with Crippen LogP contribution in [0.2, 0.25) is 0 Å². The molecular formula is C15H17F2NO6. The average molecular weight is 345 g/mol. The summed E-state index contributed by atoms with van der Waals surface area (Å²) in [6.45, 7) is 1.11. The Morgan fingerprint density at radius 3 is 2.33 bits per heavy atom. The van der Waals surface area contributed by atoms with Gasteiger partial charge in [0.15, 0.2) is 17.1 Å². The molecule has 0 saturated heterocycles. The third-order valence-corrected chi connectivity index (χ3v) is 2.70. The van der Waals surface area contributed by atoms with Gasteiger partial charge in [-0.05, 0) is 19.1 Å². The lowest BCUT2D eigenvalue weighted by molar-refractivity contribution is -0.144. The van der Waals surface area contributed by atoms with Crippen LogP contribution in [0.3, 0.4) is 0 Å². The molecule has 0 unspecified atom stereocenters. The highest BCUT2D eigenvalue weighted by Gasteiger charge is 2.21. The SMILES string of the molecule is COC(=O)C(=CNc1ccc(F)c(F)c1OC[C@@H](C)O)C(=O)OC. The first-order valence-electron chi connectivity index (χ1n) is 6.74. The van der Waals surface area contributed by atoms with Crippen LogP contribution in [0.5, 0.6) is 5.75 Å². The van der Waals surface area contributed by atoms with Gasteiger partial charge in [-0.15, -0.1) is 0 Å². The summed E-state index contributed by atoms with van der Waals surface area (Å²) < 4.78 is 41.1. The third kappa shape index (κ3) is 4.92. The van der Waals surface area contributed by atoms with Crippen LogP contribution in [0.25, 0.3) is 0 Å². The first-order valence-corrected chi connectivity index (χ1v) is 6.74. The van der Waals surface area contributed by atoms with E-state index >= 15 is 0 Å². The lowest BCUT2D eigenvalue weighted by Gasteiger charge is -2.14. The molecule has 0 heterocycles. The standard InChI is InChI=1S/C15H17F2NO6/c1-8(19)7-24-13-11(5-4-10(16)12(13)17)18-6-9(14(20)22-2)15(21)23-3/h4-6,8,18-19H,7H2,1-3H3/t8-/m1/s1. The molecule has 1 atom stereocenters. The van der Waals surface area contributed by atoms with Gasteiger partial charge in [-0.1, -0.05) is 0 Å². The lowest BCUT2D eigenvalue weighted by Crippen LogP contribution is -2.18. The summed E-state index contributed by atoms with van der Waals surface area (Å²) in [5.74, 6) is -4.92. The molecule has 0 spiro atoms. The number of nitrogens with one attached hydrogen (secondary N) is 1. The number of esters is 2. The van der Waals surface area contributed by atoms with Crippen LogP contribution in [0.4, 0.5) is 14.5 Å². The number of rotatable bonds is 7. The second kappa shape index (κ2) is 8.82. The normalized spacial score (nSPS) is 11.2. The molecule has 132 valence electrons. The van der Waals surface area contributed by atoms with Gasteiger partial charge >= 0.3 is 11.9 Å². The Morgan fingerprint density at radius 1 is 1.25 bits per heavy atom. The minimum atomic E-state index is -1.29. The second-order valence-electron chi connectivity index (χ2n) is 4.58. The summed E-state index contributed by atoms with van der Waals surface area (Å²) in [4.78, 5) is 23.0. The minimum Gasteiger partial charge on any atom is -0.486 e. The maximum atomic E-state index is 13.9. The van der Waals surface area contributed by atoms with E-state index in [1.54, 1.807) is 0 Å². The number of anilines is 1. The van der Waals surface area contributed by atoms with Crippen LogP contribution in [0, 0.1) is 11.6 Å². The van der Waals surface area contributed by atoms with Crippen LogP contribution >= 0.6 is 0 Å². The molecule has 0 bridgehead atoms. The van der Waals surface area contributed by atoms with Gasteiger partial charge in [-0.3, -0.25) is 0 Å². The summed E-state index contributed by atoms with van der Waals surface area (Å²) in [5, 5.41) is 11.7. The monoisotopic (exact) mass is 345 g/mol. The topological polar surface area (TPSA) is 94.1 Å². The highest BCUT2D eigenvalue weighted by molar-refractivity contribution is 6.14. The van der Waals surface area contributed by atoms with Crippen LogP contribution in [0.1, 0.15) is 6.92 Å². The first kappa shape index (κ1) is 19.4. The van der Waals surface area contributed by atoms with E-state index in [4.69, 9.17) is 4.74 Å². The number of hydrogen-bond acceptors (Lipinski definition) is 7. The van der Waals surface area contributed by atoms with Gasteiger partial charge in [0, 0.05) is 6.20 Å². The number of methoxy groups -OCH3 is 2. The number of benzene rings is 1.